The van der Waals surface area contributed by atoms with E-state index in [9.17, 15) is 0 Å². The molecule has 0 rings (SSSR count). The molecule has 1 unspecified atom stereocenters. The molecule has 0 radical (unpaired) electrons. The maximum Gasteiger partial charge on any atom is 0.172 e. The highest BCUT2D eigenvalue weighted by molar-refractivity contribution is 7.73. The quantitative estimate of drug-likeness (QED) is 0.625. The van der Waals surface area contributed by atoms with Gasteiger partial charge >= 0.3 is 0 Å². The lowest BCUT2D eigenvalue weighted by Gasteiger charge is -2.42. The average molecular weight is 383 g/mol. The molecule has 0 saturated carbocycles. The molecule has 0 aliphatic heterocycles. The van der Waals surface area contributed by atoms with Crippen LogP contribution in [0.15, 0.2) is 13.8 Å². The van der Waals surface area contributed by atoms with E-state index in [1.54, 1.807) is 0 Å². The molecule has 0 heterocycles. The molecular formula is C13H36N7P3. The fourth-order valence-electron chi connectivity index (χ4n) is 1.95. The van der Waals surface area contributed by atoms with Gasteiger partial charge in [0.05, 0.1) is 5.54 Å². The van der Waals surface area contributed by atoms with Crippen molar-refractivity contribution in [2.45, 2.75) is 26.3 Å². The summed E-state index contributed by atoms with van der Waals surface area (Å²) in [5, 5.41) is 0. The molecule has 138 valence electrons. The van der Waals surface area contributed by atoms with E-state index >= 15 is 0 Å². The van der Waals surface area contributed by atoms with E-state index in [1.165, 1.54) is 0 Å². The van der Waals surface area contributed by atoms with Crippen molar-refractivity contribution in [1.29, 1.82) is 0 Å². The molecule has 1 atom stereocenters. The summed E-state index contributed by atoms with van der Waals surface area (Å²) in [6.45, 7) is 8.43. The van der Waals surface area contributed by atoms with Crippen molar-refractivity contribution in [3.05, 3.63) is 0 Å². The zero-order valence-electron chi connectivity index (χ0n) is 17.0. The summed E-state index contributed by atoms with van der Waals surface area (Å²) in [7, 11) is 13.4. The highest BCUT2D eigenvalue weighted by atomic mass is 31.2. The maximum absolute atomic E-state index is 5.35. The second kappa shape index (κ2) is 8.67. The summed E-state index contributed by atoms with van der Waals surface area (Å²) in [5.74, 6) is 0. The van der Waals surface area contributed by atoms with Gasteiger partial charge in [0, 0.05) is 6.66 Å². The first kappa shape index (κ1) is 23.4. The third-order valence-corrected chi connectivity index (χ3v) is 12.6. The molecule has 0 amide bonds. The van der Waals surface area contributed by atoms with Crippen LogP contribution in [0.2, 0.25) is 0 Å². The van der Waals surface area contributed by atoms with Crippen LogP contribution in [0.1, 0.15) is 20.8 Å². The minimum absolute atomic E-state index is 0.0843. The monoisotopic (exact) mass is 383 g/mol. The zero-order valence-corrected chi connectivity index (χ0v) is 19.7. The van der Waals surface area contributed by atoms with Gasteiger partial charge in [-0.3, -0.25) is 18.7 Å². The van der Waals surface area contributed by atoms with Gasteiger partial charge in [-0.05, 0) is 77.2 Å². The predicted molar refractivity (Wildman–Crippen MR) is 108 cm³/mol. The lowest BCUT2D eigenvalue weighted by atomic mass is 10.1. The molecule has 0 fully saturated rings. The SMILES string of the molecule is CN(C)P(C)(=N/P=N/C(C)(C)C)N=P(N(C)C)(N(C)C)N(C)C. The Hall–Kier alpha value is 0.400. The predicted octanol–water partition coefficient (Wildman–Crippen LogP) is 4.68. The molecule has 0 N–H and O–H groups in total. The van der Waals surface area contributed by atoms with Gasteiger partial charge in [-0.25, -0.2) is 9.26 Å². The van der Waals surface area contributed by atoms with Gasteiger partial charge in [0.15, 0.2) is 16.0 Å². The molecule has 0 aromatic carbocycles. The molecule has 0 aromatic heterocycles. The van der Waals surface area contributed by atoms with E-state index in [4.69, 9.17) is 9.03 Å². The van der Waals surface area contributed by atoms with Gasteiger partial charge < -0.3 is 0 Å². The molecule has 0 aliphatic rings. The van der Waals surface area contributed by atoms with Crippen molar-refractivity contribution < 1.29 is 0 Å². The van der Waals surface area contributed by atoms with Crippen molar-refractivity contribution in [1.82, 2.24) is 18.7 Å². The first-order chi connectivity index (χ1) is 10.2. The van der Waals surface area contributed by atoms with Crippen LogP contribution in [-0.2, 0) is 0 Å². The van der Waals surface area contributed by atoms with Crippen LogP contribution >= 0.6 is 23.4 Å². The van der Waals surface area contributed by atoms with Crippen molar-refractivity contribution in [3.63, 3.8) is 0 Å². The van der Waals surface area contributed by atoms with Crippen LogP contribution < -0.4 is 0 Å². The second-order valence-electron chi connectivity index (χ2n) is 7.33. The lowest BCUT2D eigenvalue weighted by Crippen LogP contribution is -2.31. The third kappa shape index (κ3) is 6.32. The molecule has 7 nitrogen and oxygen atoms in total. The van der Waals surface area contributed by atoms with Crippen LogP contribution in [0, 0.1) is 0 Å². The van der Waals surface area contributed by atoms with Gasteiger partial charge in [0.2, 0.25) is 0 Å². The number of rotatable bonds is 6. The standard InChI is InChI=1S/C13H36N7P3/c1-13(2,3)14-21-15-22(12,17(4)5)16-23(18(6)7,19(8)9)20(10)11/h1-12H3. The first-order valence-corrected chi connectivity index (χ1v) is 12.0. The minimum atomic E-state index is -2.01. The van der Waals surface area contributed by atoms with Crippen LogP contribution in [0.3, 0.4) is 0 Å². The van der Waals surface area contributed by atoms with E-state index in [-0.39, 0.29) is 5.54 Å². The van der Waals surface area contributed by atoms with E-state index in [0.717, 1.165) is 8.52 Å². The van der Waals surface area contributed by atoms with Crippen LogP contribution in [0.4, 0.5) is 0 Å². The van der Waals surface area contributed by atoms with Crippen molar-refractivity contribution >= 4 is 23.4 Å². The highest BCUT2D eigenvalue weighted by Crippen LogP contribution is 2.66. The summed E-state index contributed by atoms with van der Waals surface area (Å²) in [5.41, 5.74) is -0.0843. The van der Waals surface area contributed by atoms with Gasteiger partial charge in [0.25, 0.3) is 0 Å². The first-order valence-electron chi connectivity index (χ1n) is 7.55. The highest BCUT2D eigenvalue weighted by Gasteiger charge is 2.32. The van der Waals surface area contributed by atoms with Crippen molar-refractivity contribution in [2.75, 3.05) is 63.0 Å². The Balaban J connectivity index is 6.43. The third-order valence-electron chi connectivity index (χ3n) is 3.21. The molecule has 0 spiro atoms. The normalized spacial score (nSPS) is 16.7. The molecule has 0 aliphatic carbocycles. The largest absolute Gasteiger partial charge is 0.258 e. The van der Waals surface area contributed by atoms with E-state index in [1.807, 2.05) is 0 Å². The Bertz CT molecular complexity index is 488. The molecule has 0 bridgehead atoms. The molecule has 10 heteroatoms. The summed E-state index contributed by atoms with van der Waals surface area (Å²) in [4.78, 5) is 0. The Labute approximate surface area is 145 Å². The molecule has 0 saturated heterocycles. The summed E-state index contributed by atoms with van der Waals surface area (Å²) >= 11 is 0. The number of hydrogen-bond acceptors (Lipinski definition) is 1. The zero-order chi connectivity index (χ0) is 18.6. The Kier molecular flexibility index (Phi) is 8.82. The Morgan fingerprint density at radius 1 is 0.739 bits per heavy atom. The van der Waals surface area contributed by atoms with E-state index in [0.29, 0.717) is 0 Å². The molecular weight excluding hydrogens is 347 g/mol. The van der Waals surface area contributed by atoms with E-state index < -0.39 is 14.9 Å². The van der Waals surface area contributed by atoms with Gasteiger partial charge in [-0.1, -0.05) is 0 Å². The topological polar surface area (TPSA) is 50.0 Å². The van der Waals surface area contributed by atoms with Crippen LogP contribution in [0.5, 0.6) is 0 Å². The van der Waals surface area contributed by atoms with Crippen LogP contribution in [-0.4, -0.2) is 87.3 Å². The van der Waals surface area contributed by atoms with E-state index in [2.05, 4.69) is 107 Å². The number of hydrogen-bond donors (Lipinski definition) is 0. The van der Waals surface area contributed by atoms with Gasteiger partial charge in [-0.15, -0.1) is 0 Å². The summed E-state index contributed by atoms with van der Waals surface area (Å²) in [6.07, 6.45) is 0. The smallest absolute Gasteiger partial charge is 0.172 e. The fourth-order valence-corrected chi connectivity index (χ4v) is 10.6. The average Bonchev–Trinajstić information content (AvgIpc) is 2.32. The second-order valence-corrected chi connectivity index (χ2v) is 15.2. The molecule has 0 aromatic rings. The van der Waals surface area contributed by atoms with Crippen molar-refractivity contribution in [2.24, 2.45) is 13.8 Å². The number of nitrogens with zero attached hydrogens (tertiary/aromatic N) is 7. The van der Waals surface area contributed by atoms with Gasteiger partial charge in [0.1, 0.15) is 7.36 Å². The fraction of sp³-hybridized carbons (Fsp3) is 1.00. The Morgan fingerprint density at radius 3 is 1.39 bits per heavy atom. The maximum atomic E-state index is 5.35. The summed E-state index contributed by atoms with van der Waals surface area (Å²) < 4.78 is 23.7. The van der Waals surface area contributed by atoms with Crippen molar-refractivity contribution in [3.8, 4) is 0 Å². The lowest BCUT2D eigenvalue weighted by molar-refractivity contribution is 0.475. The van der Waals surface area contributed by atoms with Gasteiger partial charge in [-0.2, -0.15) is 4.52 Å². The minimum Gasteiger partial charge on any atom is -0.258 e. The molecule has 23 heavy (non-hydrogen) atoms. The Morgan fingerprint density at radius 2 is 1.13 bits per heavy atom. The summed E-state index contributed by atoms with van der Waals surface area (Å²) in [6, 6.07) is 0. The van der Waals surface area contributed by atoms with Crippen LogP contribution in [0.25, 0.3) is 0 Å².